The standard InChI is InChI=1S/C30H41N3O6S/c1-19(2)14-25(28(36)31-24(27(35)18-40)16-21-10-12-23(34)13-11-21)32-29(37)26(15-20(3)4)33-30(38)39-17-22-8-6-5-7-9-22/h5-13,19-20,24-26,34,40H,14-18H2,1-4H3,(H,31,36)(H,32,37)(H,33,38)/t24-,25-,26-/m0/s1. The van der Waals surface area contributed by atoms with Crippen LogP contribution in [0.3, 0.4) is 0 Å². The molecular formula is C30H41N3O6S. The zero-order chi connectivity index (χ0) is 29.7. The summed E-state index contributed by atoms with van der Waals surface area (Å²) in [6.07, 6.45) is 0.135. The Kier molecular flexibility index (Phi) is 13.5. The molecule has 0 spiro atoms. The molecule has 10 heteroatoms. The summed E-state index contributed by atoms with van der Waals surface area (Å²) >= 11 is 4.09. The Morgan fingerprint density at radius 2 is 1.27 bits per heavy atom. The molecule has 0 fully saturated rings. The summed E-state index contributed by atoms with van der Waals surface area (Å²) < 4.78 is 5.29. The first-order valence-electron chi connectivity index (χ1n) is 13.5. The topological polar surface area (TPSA) is 134 Å². The molecule has 0 heterocycles. The normalized spacial score (nSPS) is 13.3. The van der Waals surface area contributed by atoms with E-state index in [0.717, 1.165) is 11.1 Å². The molecule has 0 aliphatic carbocycles. The number of alkyl carbamates (subject to hydrolysis) is 1. The first-order chi connectivity index (χ1) is 19.0. The van der Waals surface area contributed by atoms with Crippen molar-refractivity contribution >= 4 is 36.3 Å². The molecule has 0 aromatic heterocycles. The Morgan fingerprint density at radius 3 is 1.80 bits per heavy atom. The molecule has 4 N–H and O–H groups in total. The van der Waals surface area contributed by atoms with Crippen molar-refractivity contribution in [2.75, 3.05) is 5.75 Å². The van der Waals surface area contributed by atoms with Crippen LogP contribution in [0.15, 0.2) is 54.6 Å². The lowest BCUT2D eigenvalue weighted by Crippen LogP contribution is -2.56. The molecule has 0 unspecified atom stereocenters. The van der Waals surface area contributed by atoms with Crippen molar-refractivity contribution in [3.05, 3.63) is 65.7 Å². The van der Waals surface area contributed by atoms with Crippen LogP contribution in [0.25, 0.3) is 0 Å². The van der Waals surface area contributed by atoms with E-state index in [1.54, 1.807) is 12.1 Å². The Labute approximate surface area is 241 Å². The average Bonchev–Trinajstić information content (AvgIpc) is 2.91. The number of nitrogens with one attached hydrogen (secondary N) is 3. The van der Waals surface area contributed by atoms with Gasteiger partial charge in [0.2, 0.25) is 11.8 Å². The summed E-state index contributed by atoms with van der Waals surface area (Å²) in [5.41, 5.74) is 1.56. The van der Waals surface area contributed by atoms with E-state index in [1.165, 1.54) is 12.1 Å². The van der Waals surface area contributed by atoms with Crippen molar-refractivity contribution < 1.29 is 29.0 Å². The Balaban J connectivity index is 2.11. The molecule has 3 atom stereocenters. The highest BCUT2D eigenvalue weighted by atomic mass is 32.1. The summed E-state index contributed by atoms with van der Waals surface area (Å²) in [7, 11) is 0. The quantitative estimate of drug-likeness (QED) is 0.207. The highest BCUT2D eigenvalue weighted by Crippen LogP contribution is 2.14. The third-order valence-electron chi connectivity index (χ3n) is 6.11. The Bertz CT molecular complexity index is 1110. The van der Waals surface area contributed by atoms with Crippen LogP contribution in [0, 0.1) is 11.8 Å². The highest BCUT2D eigenvalue weighted by Gasteiger charge is 2.30. The van der Waals surface area contributed by atoms with E-state index in [1.807, 2.05) is 58.0 Å². The number of hydrogen-bond donors (Lipinski definition) is 5. The van der Waals surface area contributed by atoms with Gasteiger partial charge in [0.15, 0.2) is 5.78 Å². The van der Waals surface area contributed by atoms with Gasteiger partial charge < -0.3 is 25.8 Å². The van der Waals surface area contributed by atoms with Crippen molar-refractivity contribution in [2.24, 2.45) is 11.8 Å². The molecule has 0 aliphatic rings. The van der Waals surface area contributed by atoms with Crippen LogP contribution < -0.4 is 16.0 Å². The molecule has 2 rings (SSSR count). The molecule has 218 valence electrons. The maximum Gasteiger partial charge on any atom is 0.408 e. The van der Waals surface area contributed by atoms with Crippen molar-refractivity contribution in [1.29, 1.82) is 0 Å². The monoisotopic (exact) mass is 571 g/mol. The smallest absolute Gasteiger partial charge is 0.408 e. The number of ether oxygens (including phenoxy) is 1. The van der Waals surface area contributed by atoms with Gasteiger partial charge in [0.25, 0.3) is 0 Å². The van der Waals surface area contributed by atoms with E-state index in [4.69, 9.17) is 4.74 Å². The van der Waals surface area contributed by atoms with Crippen LogP contribution in [0.2, 0.25) is 0 Å². The minimum Gasteiger partial charge on any atom is -0.508 e. The number of aromatic hydroxyl groups is 1. The number of amides is 3. The van der Waals surface area contributed by atoms with E-state index in [2.05, 4.69) is 28.6 Å². The van der Waals surface area contributed by atoms with Gasteiger partial charge in [0.05, 0.1) is 11.8 Å². The molecule has 0 saturated carbocycles. The van der Waals surface area contributed by atoms with Crippen molar-refractivity contribution in [2.45, 2.75) is 71.7 Å². The van der Waals surface area contributed by atoms with Crippen LogP contribution in [0.4, 0.5) is 4.79 Å². The van der Waals surface area contributed by atoms with Gasteiger partial charge in [-0.3, -0.25) is 14.4 Å². The number of carbonyl (C=O) groups is 4. The molecule has 2 aromatic rings. The number of carbonyl (C=O) groups excluding carboxylic acids is 4. The SMILES string of the molecule is CC(C)C[C@H](NC(=O)OCc1ccccc1)C(=O)N[C@@H](CC(C)C)C(=O)N[C@@H](Cc1ccc(O)cc1)C(=O)CS. The second kappa shape index (κ2) is 16.5. The number of rotatable bonds is 15. The maximum absolute atomic E-state index is 13.4. The van der Waals surface area contributed by atoms with E-state index < -0.39 is 36.0 Å². The molecule has 40 heavy (non-hydrogen) atoms. The van der Waals surface area contributed by atoms with Gasteiger partial charge in [-0.1, -0.05) is 70.2 Å². The highest BCUT2D eigenvalue weighted by molar-refractivity contribution is 7.81. The zero-order valence-electron chi connectivity index (χ0n) is 23.6. The van der Waals surface area contributed by atoms with Gasteiger partial charge in [-0.2, -0.15) is 12.6 Å². The Hall–Kier alpha value is -3.53. The predicted octanol–water partition coefficient (Wildman–Crippen LogP) is 3.79. The third-order valence-corrected chi connectivity index (χ3v) is 6.42. The molecular weight excluding hydrogens is 530 g/mol. The summed E-state index contributed by atoms with van der Waals surface area (Å²) in [6.45, 7) is 7.75. The molecule has 0 radical (unpaired) electrons. The zero-order valence-corrected chi connectivity index (χ0v) is 24.4. The molecule has 3 amide bonds. The van der Waals surface area contributed by atoms with Crippen molar-refractivity contribution in [3.8, 4) is 5.75 Å². The predicted molar refractivity (Wildman–Crippen MR) is 157 cm³/mol. The first kappa shape index (κ1) is 32.7. The fourth-order valence-electron chi connectivity index (χ4n) is 4.08. The summed E-state index contributed by atoms with van der Waals surface area (Å²) in [6, 6.07) is 12.8. The number of benzene rings is 2. The first-order valence-corrected chi connectivity index (χ1v) is 14.1. The number of hydrogen-bond acceptors (Lipinski definition) is 7. The van der Waals surface area contributed by atoms with E-state index in [-0.39, 0.29) is 42.1 Å². The van der Waals surface area contributed by atoms with Gasteiger partial charge in [0.1, 0.15) is 24.4 Å². The second-order valence-electron chi connectivity index (χ2n) is 10.6. The van der Waals surface area contributed by atoms with Crippen LogP contribution in [0.5, 0.6) is 5.75 Å². The van der Waals surface area contributed by atoms with Gasteiger partial charge in [-0.15, -0.1) is 0 Å². The summed E-state index contributed by atoms with van der Waals surface area (Å²) in [5.74, 6) is -1.14. The van der Waals surface area contributed by atoms with Gasteiger partial charge in [-0.05, 0) is 54.4 Å². The summed E-state index contributed by atoms with van der Waals surface area (Å²) in [4.78, 5) is 51.8. The van der Waals surface area contributed by atoms with Crippen LogP contribution in [-0.4, -0.2) is 52.7 Å². The fourth-order valence-corrected chi connectivity index (χ4v) is 4.30. The molecule has 9 nitrogen and oxygen atoms in total. The van der Waals surface area contributed by atoms with Crippen LogP contribution in [0.1, 0.15) is 51.7 Å². The number of ketones is 1. The number of phenols is 1. The number of thiol groups is 1. The minimum atomic E-state index is -0.931. The Morgan fingerprint density at radius 1 is 0.750 bits per heavy atom. The minimum absolute atomic E-state index is 0.0551. The van der Waals surface area contributed by atoms with Gasteiger partial charge >= 0.3 is 6.09 Å². The fraction of sp³-hybridized carbons (Fsp3) is 0.467. The molecule has 0 saturated heterocycles. The maximum atomic E-state index is 13.4. The third kappa shape index (κ3) is 11.7. The molecule has 0 bridgehead atoms. The van der Waals surface area contributed by atoms with E-state index >= 15 is 0 Å². The number of Topliss-reactive ketones (excluding diaryl/α,β-unsaturated/α-hetero) is 1. The lowest BCUT2D eigenvalue weighted by Gasteiger charge is -2.26. The number of phenolic OH excluding ortho intramolecular Hbond substituents is 1. The largest absolute Gasteiger partial charge is 0.508 e. The summed E-state index contributed by atoms with van der Waals surface area (Å²) in [5, 5.41) is 17.7. The van der Waals surface area contributed by atoms with Crippen molar-refractivity contribution in [1.82, 2.24) is 16.0 Å². The van der Waals surface area contributed by atoms with Crippen molar-refractivity contribution in [3.63, 3.8) is 0 Å². The van der Waals surface area contributed by atoms with E-state index in [0.29, 0.717) is 12.8 Å². The molecule has 0 aliphatic heterocycles. The lowest BCUT2D eigenvalue weighted by atomic mass is 9.98. The van der Waals surface area contributed by atoms with Crippen LogP contribution in [-0.2, 0) is 32.1 Å². The van der Waals surface area contributed by atoms with Gasteiger partial charge in [0, 0.05) is 0 Å². The van der Waals surface area contributed by atoms with Gasteiger partial charge in [-0.25, -0.2) is 4.79 Å². The molecule has 2 aromatic carbocycles. The average molecular weight is 572 g/mol. The van der Waals surface area contributed by atoms with E-state index in [9.17, 15) is 24.3 Å². The second-order valence-corrected chi connectivity index (χ2v) is 11.0. The van der Waals surface area contributed by atoms with Crippen LogP contribution >= 0.6 is 12.6 Å². The lowest BCUT2D eigenvalue weighted by molar-refractivity contribution is -0.132.